The molecule has 4 heteroatoms. The van der Waals surface area contributed by atoms with Gasteiger partial charge in [0.15, 0.2) is 0 Å². The molecule has 1 nitrogen and oxygen atoms in total. The van der Waals surface area contributed by atoms with Gasteiger partial charge in [-0.1, -0.05) is 24.3 Å². The van der Waals surface area contributed by atoms with Crippen molar-refractivity contribution in [3.8, 4) is 0 Å². The number of alkyl halides is 3. The molecule has 100 valence electrons. The van der Waals surface area contributed by atoms with Crippen LogP contribution in [0.3, 0.4) is 0 Å². The van der Waals surface area contributed by atoms with E-state index >= 15 is 0 Å². The van der Waals surface area contributed by atoms with Crippen LogP contribution < -0.4 is 0 Å². The highest BCUT2D eigenvalue weighted by Crippen LogP contribution is 2.22. The summed E-state index contributed by atoms with van der Waals surface area (Å²) in [5, 5.41) is 0. The summed E-state index contributed by atoms with van der Waals surface area (Å²) in [6, 6.07) is 7.72. The summed E-state index contributed by atoms with van der Waals surface area (Å²) in [5.41, 5.74) is 2.20. The first-order valence-corrected chi connectivity index (χ1v) is 6.01. The minimum absolute atomic E-state index is 0.0192. The molecule has 0 aliphatic heterocycles. The highest BCUT2D eigenvalue weighted by molar-refractivity contribution is 5.78. The van der Waals surface area contributed by atoms with Gasteiger partial charge in [0.2, 0.25) is 0 Å². The zero-order valence-electron chi connectivity index (χ0n) is 10.4. The van der Waals surface area contributed by atoms with Crippen molar-refractivity contribution in [1.82, 2.24) is 0 Å². The smallest absolute Gasteiger partial charge is 0.300 e. The molecule has 0 N–H and O–H groups in total. The molecule has 1 aromatic rings. The fraction of sp³-hybridized carbons (Fsp3) is 0.500. The van der Waals surface area contributed by atoms with E-state index in [0.29, 0.717) is 12.8 Å². The second kappa shape index (κ2) is 6.57. The Bertz CT molecular complexity index is 396. The van der Waals surface area contributed by atoms with Crippen LogP contribution in [-0.2, 0) is 11.2 Å². The van der Waals surface area contributed by atoms with Crippen LogP contribution in [0.5, 0.6) is 0 Å². The summed E-state index contributed by atoms with van der Waals surface area (Å²) >= 11 is 0. The molecule has 0 radical (unpaired) electrons. The van der Waals surface area contributed by atoms with E-state index in [0.717, 1.165) is 11.1 Å². The van der Waals surface area contributed by atoms with Crippen molar-refractivity contribution in [3.63, 3.8) is 0 Å². The van der Waals surface area contributed by atoms with Gasteiger partial charge in [-0.25, -0.2) is 0 Å². The van der Waals surface area contributed by atoms with Crippen molar-refractivity contribution in [2.45, 2.75) is 45.2 Å². The van der Waals surface area contributed by atoms with Crippen LogP contribution in [0.2, 0.25) is 0 Å². The molecule has 0 aliphatic rings. The van der Waals surface area contributed by atoms with Crippen molar-refractivity contribution in [2.75, 3.05) is 0 Å². The van der Waals surface area contributed by atoms with Crippen molar-refractivity contribution >= 4 is 5.78 Å². The van der Waals surface area contributed by atoms with E-state index in [9.17, 15) is 18.0 Å². The van der Waals surface area contributed by atoms with E-state index in [1.165, 1.54) is 0 Å². The molecular weight excluding hydrogens is 241 g/mol. The summed E-state index contributed by atoms with van der Waals surface area (Å²) in [5.74, 6) is -0.0949. The van der Waals surface area contributed by atoms with Crippen molar-refractivity contribution in [1.29, 1.82) is 0 Å². The molecule has 0 bridgehead atoms. The predicted molar refractivity (Wildman–Crippen MR) is 64.4 cm³/mol. The molecule has 0 heterocycles. The van der Waals surface area contributed by atoms with Crippen molar-refractivity contribution in [2.24, 2.45) is 0 Å². The minimum atomic E-state index is -4.16. The van der Waals surface area contributed by atoms with Gasteiger partial charge in [-0.15, -0.1) is 0 Å². The molecule has 1 rings (SSSR count). The number of carbonyl (C=O) groups excluding carboxylic acids is 1. The third-order valence-corrected chi connectivity index (χ3v) is 2.85. The molecule has 0 aromatic heterocycles. The number of Topliss-reactive ketones (excluding diaryl/α,β-unsaturated/α-hetero) is 1. The van der Waals surface area contributed by atoms with E-state index in [-0.39, 0.29) is 18.6 Å². The molecule has 0 saturated carbocycles. The number of carbonyl (C=O) groups is 1. The van der Waals surface area contributed by atoms with Gasteiger partial charge in [0, 0.05) is 19.3 Å². The van der Waals surface area contributed by atoms with E-state index in [1.807, 2.05) is 31.2 Å². The van der Waals surface area contributed by atoms with E-state index in [1.54, 1.807) is 0 Å². The van der Waals surface area contributed by atoms with Crippen LogP contribution in [0.1, 0.15) is 36.8 Å². The number of halogens is 3. The van der Waals surface area contributed by atoms with Gasteiger partial charge in [0.05, 0.1) is 0 Å². The lowest BCUT2D eigenvalue weighted by Crippen LogP contribution is -2.08. The van der Waals surface area contributed by atoms with Crippen LogP contribution in [-0.4, -0.2) is 12.0 Å². The number of benzene rings is 1. The largest absolute Gasteiger partial charge is 0.389 e. The maximum Gasteiger partial charge on any atom is 0.389 e. The van der Waals surface area contributed by atoms with Gasteiger partial charge in [-0.3, -0.25) is 4.79 Å². The average molecular weight is 258 g/mol. The van der Waals surface area contributed by atoms with Gasteiger partial charge >= 0.3 is 6.18 Å². The number of hydrogen-bond donors (Lipinski definition) is 0. The summed E-state index contributed by atoms with van der Waals surface area (Å²) in [7, 11) is 0. The van der Waals surface area contributed by atoms with Crippen LogP contribution in [0.25, 0.3) is 0 Å². The van der Waals surface area contributed by atoms with Gasteiger partial charge in [-0.2, -0.15) is 13.2 Å². The van der Waals surface area contributed by atoms with Crippen LogP contribution in [0.4, 0.5) is 13.2 Å². The molecule has 0 atom stereocenters. The summed E-state index contributed by atoms with van der Waals surface area (Å²) in [6.45, 7) is 1.96. The highest BCUT2D eigenvalue weighted by Gasteiger charge is 2.26. The van der Waals surface area contributed by atoms with E-state index < -0.39 is 12.6 Å². The summed E-state index contributed by atoms with van der Waals surface area (Å²) < 4.78 is 35.7. The quantitative estimate of drug-likeness (QED) is 0.746. The van der Waals surface area contributed by atoms with Crippen LogP contribution >= 0.6 is 0 Å². The fourth-order valence-corrected chi connectivity index (χ4v) is 1.78. The lowest BCUT2D eigenvalue weighted by molar-refractivity contribution is -0.137. The minimum Gasteiger partial charge on any atom is -0.300 e. The second-order valence-electron chi connectivity index (χ2n) is 4.43. The maximum atomic E-state index is 11.9. The molecule has 0 unspecified atom stereocenters. The van der Waals surface area contributed by atoms with Crippen LogP contribution in [0, 0.1) is 6.92 Å². The van der Waals surface area contributed by atoms with Crippen LogP contribution in [0.15, 0.2) is 24.3 Å². The first-order chi connectivity index (χ1) is 8.38. The lowest BCUT2D eigenvalue weighted by atomic mass is 10.0. The van der Waals surface area contributed by atoms with Gasteiger partial charge < -0.3 is 0 Å². The molecule has 0 fully saturated rings. The molecule has 1 aromatic carbocycles. The second-order valence-corrected chi connectivity index (χ2v) is 4.43. The Balaban J connectivity index is 2.28. The Hall–Kier alpha value is -1.32. The Morgan fingerprint density at radius 1 is 1.17 bits per heavy atom. The third kappa shape index (κ3) is 5.84. The Morgan fingerprint density at radius 3 is 2.44 bits per heavy atom. The topological polar surface area (TPSA) is 17.1 Å². The first kappa shape index (κ1) is 14.7. The number of hydrogen-bond acceptors (Lipinski definition) is 1. The molecular formula is C14H17F3O. The molecule has 18 heavy (non-hydrogen) atoms. The van der Waals surface area contributed by atoms with E-state index in [4.69, 9.17) is 0 Å². The molecule has 0 saturated heterocycles. The Morgan fingerprint density at radius 2 is 1.83 bits per heavy atom. The van der Waals surface area contributed by atoms with Gasteiger partial charge in [-0.05, 0) is 30.9 Å². The average Bonchev–Trinajstić information content (AvgIpc) is 2.26. The fourth-order valence-electron chi connectivity index (χ4n) is 1.78. The number of ketones is 1. The SMILES string of the molecule is Cc1ccccc1CCC(=O)CCCC(F)(F)F. The van der Waals surface area contributed by atoms with E-state index in [2.05, 4.69) is 0 Å². The zero-order valence-corrected chi connectivity index (χ0v) is 10.4. The van der Waals surface area contributed by atoms with Crippen molar-refractivity contribution in [3.05, 3.63) is 35.4 Å². The summed E-state index contributed by atoms with van der Waals surface area (Å²) in [4.78, 5) is 11.4. The van der Waals surface area contributed by atoms with Crippen molar-refractivity contribution < 1.29 is 18.0 Å². The zero-order chi connectivity index (χ0) is 13.6. The summed E-state index contributed by atoms with van der Waals surface area (Å²) in [6.07, 6.45) is -4.18. The maximum absolute atomic E-state index is 11.9. The highest BCUT2D eigenvalue weighted by atomic mass is 19.4. The molecule has 0 spiro atoms. The number of rotatable bonds is 6. The Labute approximate surface area is 105 Å². The lowest BCUT2D eigenvalue weighted by Gasteiger charge is -2.06. The molecule has 0 amide bonds. The van der Waals surface area contributed by atoms with Gasteiger partial charge in [0.1, 0.15) is 5.78 Å². The Kier molecular flexibility index (Phi) is 5.38. The predicted octanol–water partition coefficient (Wildman–Crippen LogP) is 4.23. The molecule has 0 aliphatic carbocycles. The van der Waals surface area contributed by atoms with Gasteiger partial charge in [0.25, 0.3) is 0 Å². The normalized spacial score (nSPS) is 11.6. The third-order valence-electron chi connectivity index (χ3n) is 2.85. The number of aryl methyl sites for hydroxylation is 2. The monoisotopic (exact) mass is 258 g/mol. The standard InChI is InChI=1S/C14H17F3O/c1-11-5-2-3-6-12(11)8-9-13(18)7-4-10-14(15,16)17/h2-3,5-6H,4,7-10H2,1H3. The first-order valence-electron chi connectivity index (χ1n) is 6.01.